The molecule has 2 aromatic carbocycles. The van der Waals surface area contributed by atoms with Crippen LogP contribution in [0.15, 0.2) is 53.3 Å². The van der Waals surface area contributed by atoms with E-state index < -0.39 is 0 Å². The molecule has 1 aromatic heterocycles. The van der Waals surface area contributed by atoms with Crippen molar-refractivity contribution in [1.29, 1.82) is 0 Å². The van der Waals surface area contributed by atoms with Crippen molar-refractivity contribution in [2.24, 2.45) is 0 Å². The highest BCUT2D eigenvalue weighted by molar-refractivity contribution is 7.80. The third-order valence-electron chi connectivity index (χ3n) is 5.10. The molecule has 0 unspecified atom stereocenters. The van der Waals surface area contributed by atoms with Crippen molar-refractivity contribution in [2.45, 2.75) is 52.5 Å². The van der Waals surface area contributed by atoms with Gasteiger partial charge in [0.1, 0.15) is 5.82 Å². The molecule has 0 radical (unpaired) electrons. The first-order valence-electron chi connectivity index (χ1n) is 10.7. The zero-order valence-electron chi connectivity index (χ0n) is 17.8. The van der Waals surface area contributed by atoms with Gasteiger partial charge in [0, 0.05) is 12.2 Å². The minimum Gasteiger partial charge on any atom is -0.342 e. The molecule has 2 N–H and O–H groups in total. The number of aromatic nitrogens is 2. The molecule has 0 fully saturated rings. The molecule has 0 saturated carbocycles. The molecule has 0 aliphatic rings. The van der Waals surface area contributed by atoms with Crippen LogP contribution in [0.4, 0.5) is 5.69 Å². The number of aryl methyl sites for hydroxylation is 1. The van der Waals surface area contributed by atoms with E-state index in [0.29, 0.717) is 28.4 Å². The Morgan fingerprint density at radius 1 is 1.07 bits per heavy atom. The van der Waals surface area contributed by atoms with E-state index in [1.807, 2.05) is 18.2 Å². The van der Waals surface area contributed by atoms with Crippen LogP contribution in [0.1, 0.15) is 50.9 Å². The number of anilines is 1. The maximum Gasteiger partial charge on any atom is 0.258 e. The number of aromatic amines is 1. The Hall–Kier alpha value is -2.73. The van der Waals surface area contributed by atoms with E-state index in [-0.39, 0.29) is 5.56 Å². The SMILES string of the molecule is CCCCc1ccc(NC(=S)N(CCCC)Cc2nc3ccccc3c(=O)[nH]2)cc1. The molecule has 0 aliphatic heterocycles. The number of hydrogen-bond donors (Lipinski definition) is 2. The number of H-pyrrole nitrogens is 1. The molecule has 158 valence electrons. The fourth-order valence-electron chi connectivity index (χ4n) is 3.33. The first-order chi connectivity index (χ1) is 14.6. The number of hydrogen-bond acceptors (Lipinski definition) is 3. The van der Waals surface area contributed by atoms with E-state index >= 15 is 0 Å². The second-order valence-corrected chi connectivity index (χ2v) is 7.92. The zero-order chi connectivity index (χ0) is 21.3. The minimum absolute atomic E-state index is 0.118. The molecule has 6 heteroatoms. The van der Waals surface area contributed by atoms with E-state index in [1.165, 1.54) is 18.4 Å². The zero-order valence-corrected chi connectivity index (χ0v) is 18.6. The number of rotatable bonds is 9. The van der Waals surface area contributed by atoms with Gasteiger partial charge in [0.25, 0.3) is 5.56 Å². The lowest BCUT2D eigenvalue weighted by atomic mass is 10.1. The molecule has 5 nitrogen and oxygen atoms in total. The van der Waals surface area contributed by atoms with Gasteiger partial charge in [0.2, 0.25) is 0 Å². The monoisotopic (exact) mass is 422 g/mol. The smallest absolute Gasteiger partial charge is 0.258 e. The van der Waals surface area contributed by atoms with Gasteiger partial charge in [0.05, 0.1) is 17.4 Å². The molecule has 0 amide bonds. The first-order valence-corrected chi connectivity index (χ1v) is 11.1. The Morgan fingerprint density at radius 3 is 2.53 bits per heavy atom. The van der Waals surface area contributed by atoms with Crippen LogP contribution < -0.4 is 10.9 Å². The Kier molecular flexibility index (Phi) is 7.97. The van der Waals surface area contributed by atoms with Crippen LogP contribution in [-0.2, 0) is 13.0 Å². The Morgan fingerprint density at radius 2 is 1.80 bits per heavy atom. The summed E-state index contributed by atoms with van der Waals surface area (Å²) in [5.41, 5.74) is 2.90. The van der Waals surface area contributed by atoms with E-state index in [0.717, 1.165) is 31.5 Å². The Bertz CT molecular complexity index is 1030. The van der Waals surface area contributed by atoms with Gasteiger partial charge in [-0.3, -0.25) is 4.79 Å². The van der Waals surface area contributed by atoms with Crippen LogP contribution in [-0.4, -0.2) is 26.5 Å². The van der Waals surface area contributed by atoms with E-state index in [4.69, 9.17) is 12.2 Å². The highest BCUT2D eigenvalue weighted by Gasteiger charge is 2.13. The molecule has 0 bridgehead atoms. The van der Waals surface area contributed by atoms with Crippen LogP contribution in [0, 0.1) is 0 Å². The number of fused-ring (bicyclic) bond motifs is 1. The van der Waals surface area contributed by atoms with E-state index in [1.54, 1.807) is 6.07 Å². The number of nitrogens with one attached hydrogen (secondary N) is 2. The summed E-state index contributed by atoms with van der Waals surface area (Å²) in [5.74, 6) is 0.619. The van der Waals surface area contributed by atoms with Crippen molar-refractivity contribution in [3.8, 4) is 0 Å². The molecule has 0 atom stereocenters. The van der Waals surface area contributed by atoms with Gasteiger partial charge < -0.3 is 15.2 Å². The maximum atomic E-state index is 12.4. The second-order valence-electron chi connectivity index (χ2n) is 7.54. The van der Waals surface area contributed by atoms with E-state index in [2.05, 4.69) is 58.3 Å². The molecule has 30 heavy (non-hydrogen) atoms. The third-order valence-corrected chi connectivity index (χ3v) is 5.46. The van der Waals surface area contributed by atoms with Gasteiger partial charge in [0.15, 0.2) is 5.11 Å². The molecular formula is C24H30N4OS. The third kappa shape index (κ3) is 5.89. The van der Waals surface area contributed by atoms with Crippen LogP contribution in [0.25, 0.3) is 10.9 Å². The second kappa shape index (κ2) is 10.9. The summed E-state index contributed by atoms with van der Waals surface area (Å²) >= 11 is 5.70. The Balaban J connectivity index is 1.73. The average Bonchev–Trinajstić information content (AvgIpc) is 2.76. The Labute approximate surface area is 183 Å². The lowest BCUT2D eigenvalue weighted by Gasteiger charge is -2.25. The summed E-state index contributed by atoms with van der Waals surface area (Å²) < 4.78 is 0. The number of benzene rings is 2. The van der Waals surface area contributed by atoms with Crippen LogP contribution in [0.5, 0.6) is 0 Å². The standard InChI is InChI=1S/C24H30N4OS/c1-3-5-9-18-12-14-19(15-13-18)25-24(30)28(16-6-4-2)17-22-26-21-11-8-7-10-20(21)23(29)27-22/h7-8,10-15H,3-6,9,16-17H2,1-2H3,(H,25,30)(H,26,27,29). The summed E-state index contributed by atoms with van der Waals surface area (Å²) in [5, 5.41) is 4.59. The van der Waals surface area contributed by atoms with Crippen molar-refractivity contribution >= 4 is 33.9 Å². The van der Waals surface area contributed by atoms with Crippen LogP contribution in [0.2, 0.25) is 0 Å². The lowest BCUT2D eigenvalue weighted by Crippen LogP contribution is -2.36. The highest BCUT2D eigenvalue weighted by atomic mass is 32.1. The number of unbranched alkanes of at least 4 members (excludes halogenated alkanes) is 2. The summed E-state index contributed by atoms with van der Waals surface area (Å²) in [6.45, 7) is 5.62. The highest BCUT2D eigenvalue weighted by Crippen LogP contribution is 2.14. The minimum atomic E-state index is -0.118. The van der Waals surface area contributed by atoms with Crippen LogP contribution in [0.3, 0.4) is 0 Å². The molecular weight excluding hydrogens is 392 g/mol. The predicted octanol–water partition coefficient (Wildman–Crippen LogP) is 5.26. The summed E-state index contributed by atoms with van der Waals surface area (Å²) in [7, 11) is 0. The van der Waals surface area contributed by atoms with E-state index in [9.17, 15) is 4.79 Å². The summed E-state index contributed by atoms with van der Waals surface area (Å²) in [4.78, 5) is 22.0. The maximum absolute atomic E-state index is 12.4. The van der Waals surface area contributed by atoms with Crippen molar-refractivity contribution in [2.75, 3.05) is 11.9 Å². The normalized spacial score (nSPS) is 10.9. The van der Waals surface area contributed by atoms with Crippen LogP contribution >= 0.6 is 12.2 Å². The first kappa shape index (κ1) is 22.0. The number of thiocarbonyl (C=S) groups is 1. The fraction of sp³-hybridized carbons (Fsp3) is 0.375. The number of para-hydroxylation sites is 1. The van der Waals surface area contributed by atoms with Gasteiger partial charge in [-0.1, -0.05) is 51.0 Å². The predicted molar refractivity (Wildman–Crippen MR) is 129 cm³/mol. The lowest BCUT2D eigenvalue weighted by molar-refractivity contribution is 0.397. The van der Waals surface area contributed by atoms with Gasteiger partial charge in [-0.15, -0.1) is 0 Å². The quantitative estimate of drug-likeness (QED) is 0.460. The topological polar surface area (TPSA) is 61.0 Å². The molecule has 3 rings (SSSR count). The number of nitrogens with zero attached hydrogens (tertiary/aromatic N) is 2. The molecule has 1 heterocycles. The molecule has 3 aromatic rings. The van der Waals surface area contributed by atoms with Gasteiger partial charge in [-0.05, 0) is 61.3 Å². The molecule has 0 spiro atoms. The average molecular weight is 423 g/mol. The molecule has 0 aliphatic carbocycles. The van der Waals surface area contributed by atoms with Gasteiger partial charge >= 0.3 is 0 Å². The van der Waals surface area contributed by atoms with Gasteiger partial charge in [-0.25, -0.2) is 4.98 Å². The van der Waals surface area contributed by atoms with Crippen molar-refractivity contribution in [1.82, 2.24) is 14.9 Å². The van der Waals surface area contributed by atoms with Crippen molar-refractivity contribution in [3.05, 3.63) is 70.3 Å². The van der Waals surface area contributed by atoms with Gasteiger partial charge in [-0.2, -0.15) is 0 Å². The van der Waals surface area contributed by atoms with Crippen molar-refractivity contribution in [3.63, 3.8) is 0 Å². The fourth-order valence-corrected chi connectivity index (χ4v) is 3.60. The largest absolute Gasteiger partial charge is 0.342 e. The summed E-state index contributed by atoms with van der Waals surface area (Å²) in [6.07, 6.45) is 5.57. The van der Waals surface area contributed by atoms with Crippen molar-refractivity contribution < 1.29 is 0 Å². The molecule has 0 saturated heterocycles. The summed E-state index contributed by atoms with van der Waals surface area (Å²) in [6, 6.07) is 15.8.